The lowest BCUT2D eigenvalue weighted by molar-refractivity contribution is -0.385. The summed E-state index contributed by atoms with van der Waals surface area (Å²) in [5.74, 6) is 4.32. The van der Waals surface area contributed by atoms with Crippen LogP contribution in [-0.4, -0.2) is 22.5 Å². The van der Waals surface area contributed by atoms with E-state index in [-0.39, 0.29) is 24.3 Å². The zero-order chi connectivity index (χ0) is 12.1. The van der Waals surface area contributed by atoms with E-state index in [0.29, 0.717) is 5.56 Å². The number of aliphatic hydroxyl groups is 1. The Morgan fingerprint density at radius 1 is 1.56 bits per heavy atom. The van der Waals surface area contributed by atoms with Crippen LogP contribution >= 0.6 is 0 Å². The molecule has 1 amide bonds. The summed E-state index contributed by atoms with van der Waals surface area (Å²) in [4.78, 5) is 21.3. The number of nitrogens with zero attached hydrogens (tertiary/aromatic N) is 1. The maximum Gasteiger partial charge on any atom is 0.273 e. The van der Waals surface area contributed by atoms with Gasteiger partial charge in [0.05, 0.1) is 4.92 Å². The van der Waals surface area contributed by atoms with E-state index in [0.717, 1.165) is 6.07 Å². The number of nitrogens with two attached hydrogens (primary N) is 1. The Bertz CT molecular complexity index is 419. The number of nitro benzene ring substituents is 1. The highest BCUT2D eigenvalue weighted by atomic mass is 16.6. The van der Waals surface area contributed by atoms with Crippen molar-refractivity contribution in [3.05, 3.63) is 39.4 Å². The molecule has 7 heteroatoms. The molecule has 0 atom stereocenters. The Morgan fingerprint density at radius 2 is 2.25 bits per heavy atom. The van der Waals surface area contributed by atoms with Crippen molar-refractivity contribution < 1.29 is 14.8 Å². The van der Waals surface area contributed by atoms with Crippen LogP contribution < -0.4 is 11.3 Å². The molecule has 0 aromatic heterocycles. The second kappa shape index (κ2) is 5.19. The van der Waals surface area contributed by atoms with Crippen molar-refractivity contribution in [1.29, 1.82) is 0 Å². The van der Waals surface area contributed by atoms with Crippen LogP contribution in [0.5, 0.6) is 0 Å². The highest BCUT2D eigenvalue weighted by molar-refractivity contribution is 5.94. The second-order valence-electron chi connectivity index (χ2n) is 3.05. The predicted octanol–water partition coefficient (Wildman–Crippen LogP) is -0.267. The van der Waals surface area contributed by atoms with Crippen molar-refractivity contribution in [2.75, 3.05) is 6.61 Å². The summed E-state index contributed by atoms with van der Waals surface area (Å²) in [7, 11) is 0. The fourth-order valence-corrected chi connectivity index (χ4v) is 1.29. The molecule has 1 aromatic carbocycles. The number of nitrogen functional groups attached to an aromatic ring is 1. The number of carbonyl (C=O) groups is 1. The van der Waals surface area contributed by atoms with E-state index in [1.807, 2.05) is 5.43 Å². The van der Waals surface area contributed by atoms with E-state index < -0.39 is 10.8 Å². The van der Waals surface area contributed by atoms with Gasteiger partial charge in [-0.3, -0.25) is 20.3 Å². The molecule has 0 spiro atoms. The number of benzene rings is 1. The Kier molecular flexibility index (Phi) is 3.92. The molecule has 1 rings (SSSR count). The number of amides is 1. The van der Waals surface area contributed by atoms with Crippen molar-refractivity contribution in [3.63, 3.8) is 0 Å². The van der Waals surface area contributed by atoms with Gasteiger partial charge in [-0.2, -0.15) is 0 Å². The fraction of sp³-hybridized carbons (Fsp3) is 0.222. The van der Waals surface area contributed by atoms with Gasteiger partial charge in [0, 0.05) is 30.2 Å². The van der Waals surface area contributed by atoms with Crippen LogP contribution in [0.4, 0.5) is 5.69 Å². The largest absolute Gasteiger partial charge is 0.396 e. The fourth-order valence-electron chi connectivity index (χ4n) is 1.29. The molecular weight excluding hydrogens is 214 g/mol. The van der Waals surface area contributed by atoms with Crippen molar-refractivity contribution in [2.45, 2.75) is 6.42 Å². The Balaban J connectivity index is 3.17. The molecule has 0 aliphatic carbocycles. The van der Waals surface area contributed by atoms with E-state index in [4.69, 9.17) is 10.9 Å². The van der Waals surface area contributed by atoms with E-state index in [9.17, 15) is 14.9 Å². The average molecular weight is 225 g/mol. The summed E-state index contributed by atoms with van der Waals surface area (Å²) >= 11 is 0. The van der Waals surface area contributed by atoms with Gasteiger partial charge in [-0.25, -0.2) is 5.84 Å². The van der Waals surface area contributed by atoms with Gasteiger partial charge in [0.2, 0.25) is 0 Å². The molecule has 16 heavy (non-hydrogen) atoms. The zero-order valence-corrected chi connectivity index (χ0v) is 8.34. The quantitative estimate of drug-likeness (QED) is 0.282. The van der Waals surface area contributed by atoms with Crippen LogP contribution in [0.25, 0.3) is 0 Å². The van der Waals surface area contributed by atoms with Gasteiger partial charge in [-0.05, 0) is 6.07 Å². The highest BCUT2D eigenvalue weighted by Crippen LogP contribution is 2.20. The molecule has 7 nitrogen and oxygen atoms in total. The van der Waals surface area contributed by atoms with Crippen LogP contribution in [0, 0.1) is 10.1 Å². The van der Waals surface area contributed by atoms with Crippen molar-refractivity contribution in [2.24, 2.45) is 5.84 Å². The third-order valence-corrected chi connectivity index (χ3v) is 2.06. The SMILES string of the molecule is NNC(=O)c1ccc(CCO)c([N+](=O)[O-])c1. The molecule has 0 unspecified atom stereocenters. The summed E-state index contributed by atoms with van der Waals surface area (Å²) in [6, 6.07) is 3.98. The van der Waals surface area contributed by atoms with Crippen LogP contribution in [-0.2, 0) is 6.42 Å². The summed E-state index contributed by atoms with van der Waals surface area (Å²) in [5.41, 5.74) is 2.17. The first-order valence-electron chi connectivity index (χ1n) is 4.49. The number of carbonyl (C=O) groups excluding carboxylic acids is 1. The summed E-state index contributed by atoms with van der Waals surface area (Å²) in [6.45, 7) is -0.191. The molecule has 0 heterocycles. The Morgan fingerprint density at radius 3 is 2.75 bits per heavy atom. The maximum absolute atomic E-state index is 11.1. The van der Waals surface area contributed by atoms with Gasteiger partial charge in [-0.1, -0.05) is 6.07 Å². The lowest BCUT2D eigenvalue weighted by Gasteiger charge is -2.03. The number of nitro groups is 1. The van der Waals surface area contributed by atoms with Crippen molar-refractivity contribution >= 4 is 11.6 Å². The maximum atomic E-state index is 11.1. The highest BCUT2D eigenvalue weighted by Gasteiger charge is 2.16. The molecule has 0 saturated heterocycles. The van der Waals surface area contributed by atoms with Crippen LogP contribution in [0.2, 0.25) is 0 Å². The normalized spacial score (nSPS) is 9.88. The van der Waals surface area contributed by atoms with Gasteiger partial charge < -0.3 is 5.11 Å². The second-order valence-corrected chi connectivity index (χ2v) is 3.05. The first kappa shape index (κ1) is 12.1. The lowest BCUT2D eigenvalue weighted by Crippen LogP contribution is -2.30. The molecular formula is C9H11N3O4. The van der Waals surface area contributed by atoms with E-state index >= 15 is 0 Å². The average Bonchev–Trinajstić information content (AvgIpc) is 2.28. The van der Waals surface area contributed by atoms with Gasteiger partial charge in [0.15, 0.2) is 0 Å². The van der Waals surface area contributed by atoms with E-state index in [1.165, 1.54) is 12.1 Å². The number of rotatable bonds is 4. The van der Waals surface area contributed by atoms with E-state index in [2.05, 4.69) is 0 Å². The first-order chi connectivity index (χ1) is 7.60. The molecule has 0 aliphatic heterocycles. The zero-order valence-electron chi connectivity index (χ0n) is 8.34. The predicted molar refractivity (Wildman–Crippen MR) is 55.5 cm³/mol. The van der Waals surface area contributed by atoms with Crippen LogP contribution in [0.1, 0.15) is 15.9 Å². The van der Waals surface area contributed by atoms with Gasteiger partial charge in [0.25, 0.3) is 11.6 Å². The van der Waals surface area contributed by atoms with Gasteiger partial charge in [0.1, 0.15) is 0 Å². The van der Waals surface area contributed by atoms with Crippen molar-refractivity contribution in [3.8, 4) is 0 Å². The number of hydrogen-bond acceptors (Lipinski definition) is 5. The molecule has 0 bridgehead atoms. The standard InChI is InChI=1S/C9H11N3O4/c10-11-9(14)7-2-1-6(3-4-13)8(5-7)12(15)16/h1-2,5,13H,3-4,10H2,(H,11,14). The third-order valence-electron chi connectivity index (χ3n) is 2.06. The Hall–Kier alpha value is -1.99. The topological polar surface area (TPSA) is 118 Å². The Labute approximate surface area is 91.0 Å². The van der Waals surface area contributed by atoms with E-state index in [1.54, 1.807) is 0 Å². The lowest BCUT2D eigenvalue weighted by atomic mass is 10.1. The number of aliphatic hydroxyl groups excluding tert-OH is 1. The number of nitrogens with one attached hydrogen (secondary N) is 1. The number of hydrazine groups is 1. The smallest absolute Gasteiger partial charge is 0.273 e. The molecule has 0 aliphatic rings. The summed E-state index contributed by atoms with van der Waals surface area (Å²) < 4.78 is 0. The van der Waals surface area contributed by atoms with Crippen LogP contribution in [0.3, 0.4) is 0 Å². The molecule has 86 valence electrons. The number of hydrogen-bond donors (Lipinski definition) is 3. The van der Waals surface area contributed by atoms with Gasteiger partial charge >= 0.3 is 0 Å². The minimum atomic E-state index is -0.599. The molecule has 0 radical (unpaired) electrons. The van der Waals surface area contributed by atoms with Crippen LogP contribution in [0.15, 0.2) is 18.2 Å². The molecule has 0 fully saturated rings. The molecule has 0 saturated carbocycles. The minimum Gasteiger partial charge on any atom is -0.396 e. The monoisotopic (exact) mass is 225 g/mol. The summed E-state index contributed by atoms with van der Waals surface area (Å²) in [6.07, 6.45) is 0.167. The van der Waals surface area contributed by atoms with Gasteiger partial charge in [-0.15, -0.1) is 0 Å². The third kappa shape index (κ3) is 2.53. The summed E-state index contributed by atoms with van der Waals surface area (Å²) in [5, 5.41) is 19.4. The first-order valence-corrected chi connectivity index (χ1v) is 4.49. The van der Waals surface area contributed by atoms with Crippen molar-refractivity contribution in [1.82, 2.24) is 5.43 Å². The molecule has 1 aromatic rings. The minimum absolute atomic E-state index is 0.107. The molecule has 4 N–H and O–H groups in total.